The summed E-state index contributed by atoms with van der Waals surface area (Å²) in [5, 5.41) is 11.0. The molecule has 6 heteroatoms. The fourth-order valence-electron chi connectivity index (χ4n) is 3.18. The van der Waals surface area contributed by atoms with Gasteiger partial charge in [0.2, 0.25) is 0 Å². The van der Waals surface area contributed by atoms with E-state index < -0.39 is 5.60 Å². The van der Waals surface area contributed by atoms with Crippen LogP contribution in [0.2, 0.25) is 0 Å². The number of benzene rings is 2. The van der Waals surface area contributed by atoms with Crippen LogP contribution in [0.1, 0.15) is 24.0 Å². The summed E-state index contributed by atoms with van der Waals surface area (Å²) in [6.45, 7) is 0.962. The summed E-state index contributed by atoms with van der Waals surface area (Å²) in [6, 6.07) is 14.0. The monoisotopic (exact) mass is 375 g/mol. The van der Waals surface area contributed by atoms with Crippen molar-refractivity contribution in [2.75, 3.05) is 19.3 Å². The van der Waals surface area contributed by atoms with Crippen molar-refractivity contribution in [1.29, 1.82) is 0 Å². The Balaban J connectivity index is 1.61. The second kappa shape index (κ2) is 8.10. The fraction of sp³-hybridized carbons (Fsp3) is 0.350. The van der Waals surface area contributed by atoms with E-state index in [1.807, 2.05) is 36.6 Å². The number of hydrogen-bond donors (Lipinski definition) is 1. The maximum absolute atomic E-state index is 13.7. The van der Waals surface area contributed by atoms with Crippen molar-refractivity contribution in [3.63, 3.8) is 0 Å². The highest BCUT2D eigenvalue weighted by atomic mass is 32.2. The van der Waals surface area contributed by atoms with Crippen LogP contribution in [-0.2, 0) is 16.9 Å². The zero-order valence-corrected chi connectivity index (χ0v) is 15.5. The van der Waals surface area contributed by atoms with Crippen LogP contribution in [0.25, 0.3) is 0 Å². The zero-order valence-electron chi connectivity index (χ0n) is 14.7. The molecule has 1 N–H and O–H groups in total. The fourth-order valence-corrected chi connectivity index (χ4v) is 3.86. The standard InChI is InChI=1S/C20H22FNO3S/c1-26-18-8-7-16(21)13-17(18)20(24)9-11-22(12-10-20)19(23)25-14-15-5-3-2-4-6-15/h2-8,13,24H,9-12,14H2,1H3. The first-order chi connectivity index (χ1) is 12.5. The van der Waals surface area contributed by atoms with E-state index in [9.17, 15) is 14.3 Å². The van der Waals surface area contributed by atoms with Gasteiger partial charge in [0.05, 0.1) is 5.60 Å². The van der Waals surface area contributed by atoms with E-state index in [0.29, 0.717) is 31.5 Å². The van der Waals surface area contributed by atoms with Crippen molar-refractivity contribution in [2.24, 2.45) is 0 Å². The molecule has 3 rings (SSSR count). The molecule has 0 bridgehead atoms. The van der Waals surface area contributed by atoms with Crippen LogP contribution in [0.15, 0.2) is 53.4 Å². The summed E-state index contributed by atoms with van der Waals surface area (Å²) in [7, 11) is 0. The van der Waals surface area contributed by atoms with Crippen LogP contribution in [0.3, 0.4) is 0 Å². The van der Waals surface area contributed by atoms with Gasteiger partial charge in [-0.15, -0.1) is 11.8 Å². The van der Waals surface area contributed by atoms with Crippen molar-refractivity contribution in [3.8, 4) is 0 Å². The normalized spacial score (nSPS) is 16.3. The zero-order chi connectivity index (χ0) is 18.6. The molecule has 0 unspecified atom stereocenters. The minimum atomic E-state index is -1.13. The van der Waals surface area contributed by atoms with Gasteiger partial charge >= 0.3 is 6.09 Å². The van der Waals surface area contributed by atoms with Crippen molar-refractivity contribution in [3.05, 3.63) is 65.5 Å². The Labute approximate surface area is 157 Å². The van der Waals surface area contributed by atoms with Gasteiger partial charge < -0.3 is 14.7 Å². The van der Waals surface area contributed by atoms with Gasteiger partial charge in [-0.3, -0.25) is 0 Å². The molecule has 0 spiro atoms. The number of aliphatic hydroxyl groups is 1. The molecule has 0 atom stereocenters. The molecule has 2 aromatic carbocycles. The van der Waals surface area contributed by atoms with Crippen molar-refractivity contribution in [2.45, 2.75) is 29.9 Å². The lowest BCUT2D eigenvalue weighted by Crippen LogP contribution is -2.45. The SMILES string of the molecule is CSc1ccc(F)cc1C1(O)CCN(C(=O)OCc2ccccc2)CC1. The Morgan fingerprint density at radius 1 is 1.23 bits per heavy atom. The molecule has 1 heterocycles. The summed E-state index contributed by atoms with van der Waals surface area (Å²) in [5.41, 5.74) is 0.400. The van der Waals surface area contributed by atoms with E-state index in [1.54, 1.807) is 11.0 Å². The number of rotatable bonds is 4. The highest BCUT2D eigenvalue weighted by Crippen LogP contribution is 2.38. The van der Waals surface area contributed by atoms with Crippen molar-refractivity contribution < 1.29 is 19.0 Å². The quantitative estimate of drug-likeness (QED) is 0.815. The van der Waals surface area contributed by atoms with E-state index in [-0.39, 0.29) is 18.5 Å². The summed E-state index contributed by atoms with van der Waals surface area (Å²) >= 11 is 1.48. The number of piperidine rings is 1. The molecule has 2 aromatic rings. The summed E-state index contributed by atoms with van der Waals surface area (Å²) in [4.78, 5) is 14.7. The molecule has 0 radical (unpaired) electrons. The van der Waals surface area contributed by atoms with E-state index in [0.717, 1.165) is 10.5 Å². The lowest BCUT2D eigenvalue weighted by molar-refractivity contribution is -0.0276. The molecule has 1 fully saturated rings. The van der Waals surface area contributed by atoms with Crippen LogP contribution < -0.4 is 0 Å². The van der Waals surface area contributed by atoms with Crippen LogP contribution >= 0.6 is 11.8 Å². The van der Waals surface area contributed by atoms with Crippen LogP contribution in [0, 0.1) is 5.82 Å². The smallest absolute Gasteiger partial charge is 0.410 e. The average molecular weight is 375 g/mol. The van der Waals surface area contributed by atoms with Gasteiger partial charge in [-0.2, -0.15) is 0 Å². The maximum atomic E-state index is 13.7. The molecule has 4 nitrogen and oxygen atoms in total. The Morgan fingerprint density at radius 2 is 1.92 bits per heavy atom. The predicted molar refractivity (Wildman–Crippen MR) is 99.5 cm³/mol. The van der Waals surface area contributed by atoms with Crippen LogP contribution in [-0.4, -0.2) is 35.4 Å². The van der Waals surface area contributed by atoms with Gasteiger partial charge in [0.25, 0.3) is 0 Å². The second-order valence-electron chi connectivity index (χ2n) is 6.40. The molecular weight excluding hydrogens is 353 g/mol. The molecule has 0 aliphatic carbocycles. The Morgan fingerprint density at radius 3 is 2.58 bits per heavy atom. The maximum Gasteiger partial charge on any atom is 0.410 e. The molecule has 1 amide bonds. The molecule has 0 aromatic heterocycles. The minimum absolute atomic E-state index is 0.223. The minimum Gasteiger partial charge on any atom is -0.445 e. The third-order valence-corrected chi connectivity index (χ3v) is 5.51. The topological polar surface area (TPSA) is 49.8 Å². The van der Waals surface area contributed by atoms with Gasteiger partial charge in [-0.25, -0.2) is 9.18 Å². The number of halogens is 1. The van der Waals surface area contributed by atoms with Crippen LogP contribution in [0.4, 0.5) is 9.18 Å². The number of hydrogen-bond acceptors (Lipinski definition) is 4. The highest BCUT2D eigenvalue weighted by Gasteiger charge is 2.37. The number of carbonyl (C=O) groups excluding carboxylic acids is 1. The van der Waals surface area contributed by atoms with Gasteiger partial charge in [-0.05, 0) is 42.9 Å². The third-order valence-electron chi connectivity index (χ3n) is 4.72. The molecule has 0 saturated carbocycles. The number of ether oxygens (including phenoxy) is 1. The first-order valence-corrected chi connectivity index (χ1v) is 9.76. The molecule has 26 heavy (non-hydrogen) atoms. The van der Waals surface area contributed by atoms with Crippen molar-refractivity contribution in [1.82, 2.24) is 4.90 Å². The molecule has 1 saturated heterocycles. The second-order valence-corrected chi connectivity index (χ2v) is 7.25. The molecule has 1 aliphatic heterocycles. The third kappa shape index (κ3) is 4.19. The number of nitrogens with zero attached hydrogens (tertiary/aromatic N) is 1. The van der Waals surface area contributed by atoms with E-state index in [2.05, 4.69) is 0 Å². The van der Waals surface area contributed by atoms with Gasteiger partial charge in [0.15, 0.2) is 0 Å². The van der Waals surface area contributed by atoms with Gasteiger partial charge in [0, 0.05) is 23.5 Å². The average Bonchev–Trinajstić information content (AvgIpc) is 2.67. The number of carbonyl (C=O) groups is 1. The number of thioether (sulfide) groups is 1. The first kappa shape index (κ1) is 18.7. The Hall–Kier alpha value is -2.05. The predicted octanol–water partition coefficient (Wildman–Crippen LogP) is 4.17. The Kier molecular flexibility index (Phi) is 5.84. The molecule has 138 valence electrons. The van der Waals surface area contributed by atoms with E-state index in [4.69, 9.17) is 4.74 Å². The van der Waals surface area contributed by atoms with E-state index in [1.165, 1.54) is 23.9 Å². The lowest BCUT2D eigenvalue weighted by atomic mass is 9.84. The van der Waals surface area contributed by atoms with Crippen molar-refractivity contribution >= 4 is 17.9 Å². The number of amides is 1. The van der Waals surface area contributed by atoms with Gasteiger partial charge in [0.1, 0.15) is 12.4 Å². The lowest BCUT2D eigenvalue weighted by Gasteiger charge is -2.38. The summed E-state index contributed by atoms with van der Waals surface area (Å²) in [6.07, 6.45) is 2.21. The largest absolute Gasteiger partial charge is 0.445 e. The summed E-state index contributed by atoms with van der Waals surface area (Å²) < 4.78 is 19.0. The Bertz CT molecular complexity index is 761. The highest BCUT2D eigenvalue weighted by molar-refractivity contribution is 7.98. The van der Waals surface area contributed by atoms with Crippen LogP contribution in [0.5, 0.6) is 0 Å². The van der Waals surface area contributed by atoms with E-state index >= 15 is 0 Å². The number of likely N-dealkylation sites (tertiary alicyclic amines) is 1. The van der Waals surface area contributed by atoms with Gasteiger partial charge in [-0.1, -0.05) is 30.3 Å². The first-order valence-electron chi connectivity index (χ1n) is 8.54. The molecular formula is C20H22FNO3S. The molecule has 1 aliphatic rings. The summed E-state index contributed by atoms with van der Waals surface area (Å²) in [5.74, 6) is -0.365.